The van der Waals surface area contributed by atoms with Gasteiger partial charge in [0.25, 0.3) is 10.0 Å². The van der Waals surface area contributed by atoms with Gasteiger partial charge in [0.15, 0.2) is 9.80 Å². The number of hydrogen-bond acceptors (Lipinski definition) is 6. The zero-order chi connectivity index (χ0) is 15.0. The van der Waals surface area contributed by atoms with Gasteiger partial charge in [-0.25, -0.2) is 13.4 Å². The molecule has 0 bridgehead atoms. The third-order valence-electron chi connectivity index (χ3n) is 3.22. The largest absolute Gasteiger partial charge is 0.450 e. The average molecular weight is 393 g/mol. The van der Waals surface area contributed by atoms with Crippen molar-refractivity contribution in [3.63, 3.8) is 0 Å². The van der Waals surface area contributed by atoms with Crippen LogP contribution in [0.5, 0.6) is 0 Å². The number of aliphatic hydroxyl groups is 1. The van der Waals surface area contributed by atoms with Gasteiger partial charge in [-0.05, 0) is 41.6 Å². The third-order valence-corrected chi connectivity index (χ3v) is 6.62. The van der Waals surface area contributed by atoms with Crippen LogP contribution in [0.25, 0.3) is 0 Å². The van der Waals surface area contributed by atoms with Gasteiger partial charge in [0.1, 0.15) is 17.3 Å². The lowest BCUT2D eigenvalue weighted by Crippen LogP contribution is -2.12. The van der Waals surface area contributed by atoms with Crippen LogP contribution in [0.15, 0.2) is 20.0 Å². The summed E-state index contributed by atoms with van der Waals surface area (Å²) in [6.07, 6.45) is 4.07. The lowest BCUT2D eigenvalue weighted by Gasteiger charge is -2.06. The number of aryl methyl sites for hydroxylation is 2. The molecule has 0 aliphatic heterocycles. The summed E-state index contributed by atoms with van der Waals surface area (Å²) < 4.78 is 32.3. The summed E-state index contributed by atoms with van der Waals surface area (Å²) in [6.45, 7) is -0.361. The standard InChI is InChI=1S/C12H13BrN2O4S2/c13-11-10(5-7(6-16)19-11)21(17,18)15-12-14-8-3-1-2-4-9(8)20-12/h5,16H,1-4,6H2,(H,14,15). The maximum absolute atomic E-state index is 12.3. The zero-order valence-electron chi connectivity index (χ0n) is 10.9. The molecule has 0 fully saturated rings. The van der Waals surface area contributed by atoms with Crippen molar-refractivity contribution in [2.24, 2.45) is 0 Å². The van der Waals surface area contributed by atoms with Gasteiger partial charge < -0.3 is 9.52 Å². The number of anilines is 1. The van der Waals surface area contributed by atoms with Crippen molar-refractivity contribution in [3.05, 3.63) is 27.1 Å². The molecule has 114 valence electrons. The second-order valence-corrected chi connectivity index (χ2v) is 8.16. The van der Waals surface area contributed by atoms with Gasteiger partial charge in [0, 0.05) is 10.9 Å². The van der Waals surface area contributed by atoms with Gasteiger partial charge >= 0.3 is 0 Å². The monoisotopic (exact) mass is 392 g/mol. The van der Waals surface area contributed by atoms with Crippen LogP contribution in [0.2, 0.25) is 0 Å². The number of thiazole rings is 1. The lowest BCUT2D eigenvalue weighted by atomic mass is 10.0. The topological polar surface area (TPSA) is 92.4 Å². The minimum atomic E-state index is -3.79. The number of aliphatic hydroxyl groups excluding tert-OH is 1. The van der Waals surface area contributed by atoms with Crippen molar-refractivity contribution in [2.45, 2.75) is 37.2 Å². The molecule has 2 aromatic heterocycles. The number of halogens is 1. The van der Waals surface area contributed by atoms with Crippen molar-refractivity contribution in [1.82, 2.24) is 4.98 Å². The second-order valence-electron chi connectivity index (χ2n) is 4.71. The van der Waals surface area contributed by atoms with E-state index in [2.05, 4.69) is 25.6 Å². The van der Waals surface area contributed by atoms with Gasteiger partial charge in [-0.2, -0.15) is 0 Å². The highest BCUT2D eigenvalue weighted by atomic mass is 79.9. The number of rotatable bonds is 4. The Labute approximate surface area is 134 Å². The molecule has 9 heteroatoms. The number of nitrogens with zero attached hydrogens (tertiary/aromatic N) is 1. The van der Waals surface area contributed by atoms with E-state index in [0.29, 0.717) is 5.13 Å². The molecule has 1 aliphatic rings. The molecule has 0 saturated heterocycles. The first kappa shape index (κ1) is 15.0. The van der Waals surface area contributed by atoms with E-state index in [1.807, 2.05) is 0 Å². The number of aromatic nitrogens is 1. The minimum absolute atomic E-state index is 0.0419. The van der Waals surface area contributed by atoms with E-state index in [4.69, 9.17) is 9.52 Å². The molecule has 1 aliphatic carbocycles. The van der Waals surface area contributed by atoms with Gasteiger partial charge in [-0.15, -0.1) is 11.3 Å². The highest BCUT2D eigenvalue weighted by Gasteiger charge is 2.25. The lowest BCUT2D eigenvalue weighted by molar-refractivity contribution is 0.245. The van der Waals surface area contributed by atoms with Gasteiger partial charge in [0.2, 0.25) is 0 Å². The predicted octanol–water partition coefficient (Wildman–Crippen LogP) is 2.67. The van der Waals surface area contributed by atoms with Crippen LogP contribution in [0.4, 0.5) is 5.13 Å². The van der Waals surface area contributed by atoms with Crippen molar-refractivity contribution in [1.29, 1.82) is 0 Å². The van der Waals surface area contributed by atoms with Crippen molar-refractivity contribution in [3.8, 4) is 0 Å². The van der Waals surface area contributed by atoms with Crippen molar-refractivity contribution < 1.29 is 17.9 Å². The molecule has 0 aromatic carbocycles. The highest BCUT2D eigenvalue weighted by molar-refractivity contribution is 9.10. The van der Waals surface area contributed by atoms with Gasteiger partial charge in [0.05, 0.1) is 5.69 Å². The van der Waals surface area contributed by atoms with E-state index >= 15 is 0 Å². The van der Waals surface area contributed by atoms with Crippen LogP contribution in [-0.2, 0) is 29.5 Å². The number of hydrogen-bond donors (Lipinski definition) is 2. The normalized spacial score (nSPS) is 15.0. The van der Waals surface area contributed by atoms with Crippen LogP contribution in [0.1, 0.15) is 29.2 Å². The Morgan fingerprint density at radius 2 is 2.19 bits per heavy atom. The molecular weight excluding hydrogens is 380 g/mol. The molecule has 0 spiro atoms. The fourth-order valence-electron chi connectivity index (χ4n) is 2.22. The van der Waals surface area contributed by atoms with E-state index < -0.39 is 10.0 Å². The minimum Gasteiger partial charge on any atom is -0.450 e. The quantitative estimate of drug-likeness (QED) is 0.833. The van der Waals surface area contributed by atoms with Crippen LogP contribution >= 0.6 is 27.3 Å². The molecular formula is C12H13BrN2O4S2. The predicted molar refractivity (Wildman–Crippen MR) is 81.9 cm³/mol. The SMILES string of the molecule is O=S(=O)(Nc1nc2c(s1)CCCC2)c1cc(CO)oc1Br. The summed E-state index contributed by atoms with van der Waals surface area (Å²) >= 11 is 4.43. The first-order valence-corrected chi connectivity index (χ1v) is 9.49. The number of furan rings is 1. The second kappa shape index (κ2) is 5.71. The van der Waals surface area contributed by atoms with Crippen LogP contribution in [0, 0.1) is 0 Å². The Morgan fingerprint density at radius 3 is 2.86 bits per heavy atom. The Balaban J connectivity index is 1.88. The summed E-state index contributed by atoms with van der Waals surface area (Å²) in [4.78, 5) is 5.46. The molecule has 6 nitrogen and oxygen atoms in total. The zero-order valence-corrected chi connectivity index (χ0v) is 14.1. The molecule has 0 unspecified atom stereocenters. The third kappa shape index (κ3) is 3.01. The van der Waals surface area contributed by atoms with Gasteiger partial charge in [-0.3, -0.25) is 4.72 Å². The van der Waals surface area contributed by atoms with Crippen LogP contribution in [-0.4, -0.2) is 18.5 Å². The molecule has 0 saturated carbocycles. The molecule has 0 atom stereocenters. The summed E-state index contributed by atoms with van der Waals surface area (Å²) in [5.41, 5.74) is 0.992. The Morgan fingerprint density at radius 1 is 1.43 bits per heavy atom. The number of nitrogens with one attached hydrogen (secondary N) is 1. The molecule has 21 heavy (non-hydrogen) atoms. The smallest absolute Gasteiger partial charge is 0.268 e. The van der Waals surface area contributed by atoms with Crippen LogP contribution < -0.4 is 4.72 Å². The van der Waals surface area contributed by atoms with Crippen LogP contribution in [0.3, 0.4) is 0 Å². The van der Waals surface area contributed by atoms with E-state index in [0.717, 1.165) is 36.3 Å². The fraction of sp³-hybridized carbons (Fsp3) is 0.417. The summed E-state index contributed by atoms with van der Waals surface area (Å²) in [5.74, 6) is 0.181. The molecule has 2 N–H and O–H groups in total. The fourth-order valence-corrected chi connectivity index (χ4v) is 5.51. The molecule has 2 aromatic rings. The molecule has 3 rings (SSSR count). The van der Waals surface area contributed by atoms with Crippen molar-refractivity contribution in [2.75, 3.05) is 4.72 Å². The Kier molecular flexibility index (Phi) is 4.08. The van der Waals surface area contributed by atoms with E-state index in [1.165, 1.54) is 17.4 Å². The highest BCUT2D eigenvalue weighted by Crippen LogP contribution is 2.32. The van der Waals surface area contributed by atoms with Gasteiger partial charge in [-0.1, -0.05) is 0 Å². The number of fused-ring (bicyclic) bond motifs is 1. The van der Waals surface area contributed by atoms with E-state index in [-0.39, 0.29) is 21.9 Å². The average Bonchev–Trinajstić information content (AvgIpc) is 3.00. The maximum Gasteiger partial charge on any atom is 0.268 e. The Hall–Kier alpha value is -0.900. The summed E-state index contributed by atoms with van der Waals surface area (Å²) in [6, 6.07) is 1.29. The first-order valence-electron chi connectivity index (χ1n) is 6.40. The molecule has 0 radical (unpaired) electrons. The Bertz CT molecular complexity index is 743. The van der Waals surface area contributed by atoms with Crippen molar-refractivity contribution >= 4 is 42.4 Å². The first-order chi connectivity index (χ1) is 9.99. The number of sulfonamides is 1. The molecule has 0 amide bonds. The molecule has 2 heterocycles. The summed E-state index contributed by atoms with van der Waals surface area (Å²) in [7, 11) is -3.79. The van der Waals surface area contributed by atoms with E-state index in [9.17, 15) is 8.42 Å². The van der Waals surface area contributed by atoms with E-state index in [1.54, 1.807) is 0 Å². The summed E-state index contributed by atoms with van der Waals surface area (Å²) in [5, 5.41) is 9.38. The maximum atomic E-state index is 12.3.